The fourth-order valence-corrected chi connectivity index (χ4v) is 4.86. The summed E-state index contributed by atoms with van der Waals surface area (Å²) in [6.45, 7) is 8.53. The molecule has 1 fully saturated rings. The van der Waals surface area contributed by atoms with Gasteiger partial charge >= 0.3 is 0 Å². The van der Waals surface area contributed by atoms with Gasteiger partial charge in [-0.1, -0.05) is 48.7 Å². The van der Waals surface area contributed by atoms with Gasteiger partial charge in [0.05, 0.1) is 11.7 Å². The number of thioether (sulfide) groups is 1. The molecule has 0 aliphatic heterocycles. The number of aryl methyl sites for hydroxylation is 2. The van der Waals surface area contributed by atoms with Crippen molar-refractivity contribution >= 4 is 29.3 Å². The van der Waals surface area contributed by atoms with Crippen LogP contribution in [0.4, 0.5) is 5.69 Å². The van der Waals surface area contributed by atoms with E-state index in [9.17, 15) is 9.59 Å². The summed E-state index contributed by atoms with van der Waals surface area (Å²) in [5.74, 6) is 0.512. The van der Waals surface area contributed by atoms with Crippen LogP contribution in [-0.4, -0.2) is 37.9 Å². The normalized spacial score (nSPS) is 15.5. The fraction of sp³-hybridized carbons (Fsp3) is 0.565. The van der Waals surface area contributed by atoms with Crippen molar-refractivity contribution in [2.24, 2.45) is 0 Å². The summed E-state index contributed by atoms with van der Waals surface area (Å²) in [6.07, 6.45) is 5.89. The highest BCUT2D eigenvalue weighted by atomic mass is 32.2. The smallest absolute Gasteiger partial charge is 0.233 e. The van der Waals surface area contributed by atoms with E-state index >= 15 is 0 Å². The minimum atomic E-state index is -0.270. The molecule has 31 heavy (non-hydrogen) atoms. The Balaban J connectivity index is 1.60. The van der Waals surface area contributed by atoms with Crippen LogP contribution >= 0.6 is 11.8 Å². The van der Waals surface area contributed by atoms with Crippen LogP contribution < -0.4 is 10.6 Å². The standard InChI is InChI=1S/C23H33N5O2S/c1-5-28-20(14-21(29)25-19-12-11-15(2)13-16(19)3)26-27-23(28)31-17(4)22(30)24-18-9-7-6-8-10-18/h11-13,17-18H,5-10,14H2,1-4H3,(H,24,30)(H,25,29). The van der Waals surface area contributed by atoms with Crippen molar-refractivity contribution in [3.63, 3.8) is 0 Å². The fourth-order valence-electron chi connectivity index (χ4n) is 3.92. The molecule has 1 unspecified atom stereocenters. The van der Waals surface area contributed by atoms with E-state index in [4.69, 9.17) is 0 Å². The van der Waals surface area contributed by atoms with Crippen LogP contribution in [0, 0.1) is 13.8 Å². The van der Waals surface area contributed by atoms with E-state index in [1.807, 2.05) is 50.5 Å². The Hall–Kier alpha value is -2.35. The van der Waals surface area contributed by atoms with Gasteiger partial charge in [-0.05, 0) is 52.2 Å². The van der Waals surface area contributed by atoms with Crippen LogP contribution in [0.1, 0.15) is 62.9 Å². The molecule has 3 rings (SSSR count). The second-order valence-corrected chi connectivity index (χ2v) is 9.60. The number of anilines is 1. The van der Waals surface area contributed by atoms with Crippen LogP contribution in [0.3, 0.4) is 0 Å². The lowest BCUT2D eigenvalue weighted by Gasteiger charge is -2.24. The summed E-state index contributed by atoms with van der Waals surface area (Å²) < 4.78 is 1.91. The van der Waals surface area contributed by atoms with E-state index in [2.05, 4.69) is 20.8 Å². The van der Waals surface area contributed by atoms with E-state index < -0.39 is 0 Å². The Morgan fingerprint density at radius 2 is 1.94 bits per heavy atom. The quantitative estimate of drug-likeness (QED) is 0.602. The first-order chi connectivity index (χ1) is 14.9. The van der Waals surface area contributed by atoms with Crippen molar-refractivity contribution in [2.75, 3.05) is 5.32 Å². The van der Waals surface area contributed by atoms with Crippen molar-refractivity contribution < 1.29 is 9.59 Å². The zero-order valence-electron chi connectivity index (χ0n) is 18.9. The zero-order chi connectivity index (χ0) is 22.4. The Kier molecular flexibility index (Phi) is 8.12. The molecule has 1 aliphatic carbocycles. The van der Waals surface area contributed by atoms with Crippen LogP contribution in [0.5, 0.6) is 0 Å². The summed E-state index contributed by atoms with van der Waals surface area (Å²) >= 11 is 1.39. The van der Waals surface area contributed by atoms with Gasteiger partial charge in [0.25, 0.3) is 0 Å². The van der Waals surface area contributed by atoms with Gasteiger partial charge in [0.2, 0.25) is 11.8 Å². The second-order valence-electron chi connectivity index (χ2n) is 8.29. The van der Waals surface area contributed by atoms with E-state index in [0.29, 0.717) is 17.5 Å². The number of hydrogen-bond acceptors (Lipinski definition) is 5. The first-order valence-corrected chi connectivity index (χ1v) is 12.0. The monoisotopic (exact) mass is 443 g/mol. The molecule has 1 aliphatic rings. The molecule has 0 saturated heterocycles. The van der Waals surface area contributed by atoms with Gasteiger partial charge in [-0.3, -0.25) is 9.59 Å². The molecule has 0 radical (unpaired) electrons. The van der Waals surface area contributed by atoms with Crippen LogP contribution in [0.25, 0.3) is 0 Å². The Morgan fingerprint density at radius 1 is 1.19 bits per heavy atom. The van der Waals surface area contributed by atoms with E-state index in [0.717, 1.165) is 29.7 Å². The maximum absolute atomic E-state index is 12.6. The Labute approximate surface area is 188 Å². The average Bonchev–Trinajstić information content (AvgIpc) is 3.11. The summed E-state index contributed by atoms with van der Waals surface area (Å²) in [5.41, 5.74) is 2.99. The van der Waals surface area contributed by atoms with Crippen molar-refractivity contribution in [1.82, 2.24) is 20.1 Å². The molecule has 1 heterocycles. The van der Waals surface area contributed by atoms with Gasteiger partial charge in [-0.25, -0.2) is 0 Å². The molecule has 1 aromatic heterocycles. The van der Waals surface area contributed by atoms with Crippen molar-refractivity contribution in [3.05, 3.63) is 35.2 Å². The summed E-state index contributed by atoms with van der Waals surface area (Å²) in [4.78, 5) is 25.2. The molecule has 0 spiro atoms. The molecule has 1 atom stereocenters. The van der Waals surface area contributed by atoms with Crippen molar-refractivity contribution in [2.45, 2.75) is 89.2 Å². The third kappa shape index (κ3) is 6.32. The van der Waals surface area contributed by atoms with Crippen LogP contribution in [0.15, 0.2) is 23.4 Å². The maximum Gasteiger partial charge on any atom is 0.233 e. The molecular formula is C23H33N5O2S. The Morgan fingerprint density at radius 3 is 2.61 bits per heavy atom. The van der Waals surface area contributed by atoms with E-state index in [1.165, 1.54) is 31.0 Å². The molecular weight excluding hydrogens is 410 g/mol. The molecule has 2 N–H and O–H groups in total. The molecule has 168 valence electrons. The zero-order valence-corrected chi connectivity index (χ0v) is 19.7. The lowest BCUT2D eigenvalue weighted by atomic mass is 9.95. The van der Waals surface area contributed by atoms with Crippen molar-refractivity contribution in [3.8, 4) is 0 Å². The number of nitrogens with one attached hydrogen (secondary N) is 2. The second kappa shape index (κ2) is 10.8. The number of aromatic nitrogens is 3. The highest BCUT2D eigenvalue weighted by Gasteiger charge is 2.23. The first kappa shape index (κ1) is 23.3. The van der Waals surface area contributed by atoms with Crippen LogP contribution in [-0.2, 0) is 22.6 Å². The maximum atomic E-state index is 12.6. The Bertz CT molecular complexity index is 921. The third-order valence-electron chi connectivity index (χ3n) is 5.69. The lowest BCUT2D eigenvalue weighted by molar-refractivity contribution is -0.121. The molecule has 2 amide bonds. The number of nitrogens with zero attached hydrogens (tertiary/aromatic N) is 3. The number of amides is 2. The highest BCUT2D eigenvalue weighted by Crippen LogP contribution is 2.24. The number of carbonyl (C=O) groups excluding carboxylic acids is 2. The topological polar surface area (TPSA) is 88.9 Å². The van der Waals surface area contributed by atoms with Gasteiger partial charge in [0.1, 0.15) is 5.82 Å². The number of carbonyl (C=O) groups is 2. The predicted molar refractivity (Wildman–Crippen MR) is 124 cm³/mol. The van der Waals surface area contributed by atoms with Gasteiger partial charge < -0.3 is 15.2 Å². The van der Waals surface area contributed by atoms with Crippen molar-refractivity contribution in [1.29, 1.82) is 0 Å². The molecule has 7 nitrogen and oxygen atoms in total. The van der Waals surface area contributed by atoms with E-state index in [-0.39, 0.29) is 29.5 Å². The lowest BCUT2D eigenvalue weighted by Crippen LogP contribution is -2.40. The van der Waals surface area contributed by atoms with Gasteiger partial charge in [0, 0.05) is 18.3 Å². The van der Waals surface area contributed by atoms with Gasteiger partial charge in [-0.15, -0.1) is 10.2 Å². The summed E-state index contributed by atoms with van der Waals surface area (Å²) in [7, 11) is 0. The molecule has 2 aromatic rings. The average molecular weight is 444 g/mol. The minimum absolute atomic E-state index is 0.0386. The predicted octanol–water partition coefficient (Wildman–Crippen LogP) is 4.03. The number of benzene rings is 1. The summed E-state index contributed by atoms with van der Waals surface area (Å²) in [6, 6.07) is 6.23. The minimum Gasteiger partial charge on any atom is -0.352 e. The highest BCUT2D eigenvalue weighted by molar-refractivity contribution is 8.00. The van der Waals surface area contributed by atoms with Gasteiger partial charge in [-0.2, -0.15) is 0 Å². The molecule has 1 saturated carbocycles. The molecule has 8 heteroatoms. The van der Waals surface area contributed by atoms with E-state index in [1.54, 1.807) is 0 Å². The SMILES string of the molecule is CCn1c(CC(=O)Nc2ccc(C)cc2C)nnc1SC(C)C(=O)NC1CCCCC1. The molecule has 0 bridgehead atoms. The first-order valence-electron chi connectivity index (χ1n) is 11.1. The molecule has 1 aromatic carbocycles. The number of rotatable bonds is 8. The van der Waals surface area contributed by atoms with Crippen LogP contribution in [0.2, 0.25) is 0 Å². The largest absolute Gasteiger partial charge is 0.352 e. The summed E-state index contributed by atoms with van der Waals surface area (Å²) in [5, 5.41) is 15.0. The number of hydrogen-bond donors (Lipinski definition) is 2. The third-order valence-corrected chi connectivity index (χ3v) is 6.77. The van der Waals surface area contributed by atoms with Gasteiger partial charge in [0.15, 0.2) is 5.16 Å².